The molecule has 5 nitrogen and oxygen atoms in total. The molecule has 1 saturated heterocycles. The zero-order valence-corrected chi connectivity index (χ0v) is 14.6. The fourth-order valence-electron chi connectivity index (χ4n) is 2.96. The minimum Gasteiger partial charge on any atom is -0.492 e. The standard InChI is InChI=1S/C17H25ClN2O3/c1-3-23-17-14(5-4-6-15(17)18)11-16(22)20-8-7-19(9-10-21)13(2)12-20/h4-6,13,21H,3,7-12H2,1-2H3. The summed E-state index contributed by atoms with van der Waals surface area (Å²) in [5, 5.41) is 9.60. The van der Waals surface area contributed by atoms with E-state index < -0.39 is 0 Å². The summed E-state index contributed by atoms with van der Waals surface area (Å²) in [5.41, 5.74) is 0.829. The van der Waals surface area contributed by atoms with Crippen molar-refractivity contribution in [2.75, 3.05) is 39.4 Å². The van der Waals surface area contributed by atoms with Crippen LogP contribution in [0.5, 0.6) is 5.75 Å². The summed E-state index contributed by atoms with van der Waals surface area (Å²) in [6.45, 7) is 7.47. The van der Waals surface area contributed by atoms with Crippen LogP contribution in [-0.2, 0) is 11.2 Å². The van der Waals surface area contributed by atoms with Crippen LogP contribution in [0.4, 0.5) is 0 Å². The summed E-state index contributed by atoms with van der Waals surface area (Å²) in [6, 6.07) is 5.76. The van der Waals surface area contributed by atoms with E-state index in [1.807, 2.05) is 24.0 Å². The maximum absolute atomic E-state index is 12.6. The van der Waals surface area contributed by atoms with E-state index in [1.54, 1.807) is 6.07 Å². The number of benzene rings is 1. The number of carbonyl (C=O) groups excluding carboxylic acids is 1. The van der Waals surface area contributed by atoms with Gasteiger partial charge in [-0.05, 0) is 19.9 Å². The molecular formula is C17H25ClN2O3. The van der Waals surface area contributed by atoms with Gasteiger partial charge in [0.25, 0.3) is 0 Å². The maximum atomic E-state index is 12.6. The molecule has 0 bridgehead atoms. The molecule has 2 rings (SSSR count). The summed E-state index contributed by atoms with van der Waals surface area (Å²) in [4.78, 5) is 16.7. The lowest BCUT2D eigenvalue weighted by molar-refractivity contribution is -0.133. The van der Waals surface area contributed by atoms with Gasteiger partial charge in [-0.3, -0.25) is 9.69 Å². The SMILES string of the molecule is CCOc1c(Cl)cccc1CC(=O)N1CCN(CCO)C(C)C1. The first-order valence-electron chi connectivity index (χ1n) is 8.09. The summed E-state index contributed by atoms with van der Waals surface area (Å²) in [5.74, 6) is 0.695. The molecule has 0 saturated carbocycles. The smallest absolute Gasteiger partial charge is 0.227 e. The summed E-state index contributed by atoms with van der Waals surface area (Å²) in [6.07, 6.45) is 0.294. The Labute approximate surface area is 142 Å². The van der Waals surface area contributed by atoms with Gasteiger partial charge in [-0.25, -0.2) is 0 Å². The number of hydrogen-bond donors (Lipinski definition) is 1. The fourth-order valence-corrected chi connectivity index (χ4v) is 3.20. The van der Waals surface area contributed by atoms with Crippen molar-refractivity contribution in [3.63, 3.8) is 0 Å². The van der Waals surface area contributed by atoms with Crippen LogP contribution in [0.2, 0.25) is 5.02 Å². The summed E-state index contributed by atoms with van der Waals surface area (Å²) < 4.78 is 5.59. The second kappa shape index (κ2) is 8.52. The average molecular weight is 341 g/mol. The zero-order valence-electron chi connectivity index (χ0n) is 13.8. The van der Waals surface area contributed by atoms with Gasteiger partial charge in [-0.1, -0.05) is 23.7 Å². The number of β-amino-alcohol motifs (C(OH)–C–C–N with tert-alkyl or cyclic N) is 1. The molecule has 0 aliphatic carbocycles. The molecule has 0 aromatic heterocycles. The lowest BCUT2D eigenvalue weighted by Gasteiger charge is -2.39. The van der Waals surface area contributed by atoms with Crippen molar-refractivity contribution in [1.29, 1.82) is 0 Å². The number of ether oxygens (including phenoxy) is 1. The maximum Gasteiger partial charge on any atom is 0.227 e. The largest absolute Gasteiger partial charge is 0.492 e. The topological polar surface area (TPSA) is 53.0 Å². The Morgan fingerprint density at radius 2 is 2.22 bits per heavy atom. The van der Waals surface area contributed by atoms with Gasteiger partial charge in [0.05, 0.1) is 24.7 Å². The molecule has 1 aliphatic heterocycles. The Kier molecular flexibility index (Phi) is 6.69. The zero-order chi connectivity index (χ0) is 16.8. The molecule has 1 aromatic rings. The van der Waals surface area contributed by atoms with Crippen LogP contribution >= 0.6 is 11.6 Å². The number of hydrogen-bond acceptors (Lipinski definition) is 4. The van der Waals surface area contributed by atoms with Crippen molar-refractivity contribution in [2.24, 2.45) is 0 Å². The minimum absolute atomic E-state index is 0.0868. The highest BCUT2D eigenvalue weighted by Crippen LogP contribution is 2.29. The molecule has 1 unspecified atom stereocenters. The Balaban J connectivity index is 2.02. The number of halogens is 1. The normalized spacial score (nSPS) is 19.0. The number of piperazine rings is 1. The number of aliphatic hydroxyl groups is 1. The van der Waals surface area contributed by atoms with Gasteiger partial charge in [0.1, 0.15) is 5.75 Å². The number of aliphatic hydroxyl groups excluding tert-OH is 1. The Bertz CT molecular complexity index is 539. The Morgan fingerprint density at radius 3 is 2.87 bits per heavy atom. The van der Waals surface area contributed by atoms with E-state index in [0.29, 0.717) is 43.4 Å². The highest BCUT2D eigenvalue weighted by atomic mass is 35.5. The lowest BCUT2D eigenvalue weighted by Crippen LogP contribution is -2.54. The van der Waals surface area contributed by atoms with Gasteiger partial charge in [0.2, 0.25) is 5.91 Å². The highest BCUT2D eigenvalue weighted by molar-refractivity contribution is 6.32. The van der Waals surface area contributed by atoms with E-state index in [-0.39, 0.29) is 18.6 Å². The summed E-state index contributed by atoms with van der Waals surface area (Å²) >= 11 is 6.17. The van der Waals surface area contributed by atoms with Crippen LogP contribution in [-0.4, -0.2) is 66.2 Å². The number of para-hydroxylation sites is 1. The van der Waals surface area contributed by atoms with E-state index in [0.717, 1.165) is 12.1 Å². The third kappa shape index (κ3) is 4.59. The van der Waals surface area contributed by atoms with Gasteiger partial charge < -0.3 is 14.7 Å². The second-order valence-electron chi connectivity index (χ2n) is 5.79. The van der Waals surface area contributed by atoms with Crippen molar-refractivity contribution in [3.8, 4) is 5.75 Å². The van der Waals surface area contributed by atoms with Crippen molar-refractivity contribution in [1.82, 2.24) is 9.80 Å². The van der Waals surface area contributed by atoms with Gasteiger partial charge in [0.15, 0.2) is 0 Å². The van der Waals surface area contributed by atoms with Crippen LogP contribution in [0.3, 0.4) is 0 Å². The molecule has 1 N–H and O–H groups in total. The number of carbonyl (C=O) groups is 1. The van der Waals surface area contributed by atoms with Crippen molar-refractivity contribution < 1.29 is 14.6 Å². The average Bonchev–Trinajstić information content (AvgIpc) is 2.53. The van der Waals surface area contributed by atoms with Crippen LogP contribution < -0.4 is 4.74 Å². The third-order valence-corrected chi connectivity index (χ3v) is 4.48. The Morgan fingerprint density at radius 1 is 1.43 bits per heavy atom. The quantitative estimate of drug-likeness (QED) is 0.858. The van der Waals surface area contributed by atoms with Crippen molar-refractivity contribution in [2.45, 2.75) is 26.3 Å². The van der Waals surface area contributed by atoms with E-state index in [9.17, 15) is 4.79 Å². The minimum atomic E-state index is 0.0868. The Hall–Kier alpha value is -1.30. The van der Waals surface area contributed by atoms with Gasteiger partial charge >= 0.3 is 0 Å². The van der Waals surface area contributed by atoms with Crippen LogP contribution in [0.25, 0.3) is 0 Å². The molecule has 23 heavy (non-hydrogen) atoms. The molecule has 128 valence electrons. The first kappa shape index (κ1) is 18.0. The highest BCUT2D eigenvalue weighted by Gasteiger charge is 2.26. The van der Waals surface area contributed by atoms with E-state index in [2.05, 4.69) is 11.8 Å². The molecule has 1 aliphatic rings. The molecule has 0 spiro atoms. The van der Waals surface area contributed by atoms with E-state index in [1.165, 1.54) is 0 Å². The van der Waals surface area contributed by atoms with Gasteiger partial charge in [0, 0.05) is 37.8 Å². The molecule has 6 heteroatoms. The van der Waals surface area contributed by atoms with Crippen LogP contribution in [0.15, 0.2) is 18.2 Å². The second-order valence-corrected chi connectivity index (χ2v) is 6.19. The monoisotopic (exact) mass is 340 g/mol. The van der Waals surface area contributed by atoms with E-state index >= 15 is 0 Å². The van der Waals surface area contributed by atoms with Crippen molar-refractivity contribution in [3.05, 3.63) is 28.8 Å². The number of amides is 1. The molecule has 1 fully saturated rings. The van der Waals surface area contributed by atoms with Gasteiger partial charge in [-0.15, -0.1) is 0 Å². The fraction of sp³-hybridized carbons (Fsp3) is 0.588. The molecule has 1 heterocycles. The number of nitrogens with zero attached hydrogens (tertiary/aromatic N) is 2. The molecule has 1 atom stereocenters. The van der Waals surface area contributed by atoms with E-state index in [4.69, 9.17) is 21.4 Å². The molecule has 1 aromatic carbocycles. The van der Waals surface area contributed by atoms with Gasteiger partial charge in [-0.2, -0.15) is 0 Å². The van der Waals surface area contributed by atoms with Crippen LogP contribution in [0.1, 0.15) is 19.4 Å². The lowest BCUT2D eigenvalue weighted by atomic mass is 10.1. The predicted molar refractivity (Wildman–Crippen MR) is 91.0 cm³/mol. The van der Waals surface area contributed by atoms with Crippen LogP contribution in [0, 0.1) is 0 Å². The van der Waals surface area contributed by atoms with Crippen molar-refractivity contribution >= 4 is 17.5 Å². The molecule has 1 amide bonds. The third-order valence-electron chi connectivity index (χ3n) is 4.18. The first-order valence-corrected chi connectivity index (χ1v) is 8.47. The molecular weight excluding hydrogens is 316 g/mol. The summed E-state index contributed by atoms with van der Waals surface area (Å²) in [7, 11) is 0. The number of rotatable bonds is 6. The molecule has 0 radical (unpaired) electrons. The first-order chi connectivity index (χ1) is 11.1. The predicted octanol–water partition coefficient (Wildman–Crippen LogP) is 1.81.